The lowest BCUT2D eigenvalue weighted by Crippen LogP contribution is -2.51. The van der Waals surface area contributed by atoms with Crippen LogP contribution in [0, 0.1) is 5.41 Å². The molecule has 1 aliphatic carbocycles. The molecule has 2 heterocycles. The van der Waals surface area contributed by atoms with Crippen molar-refractivity contribution in [2.24, 2.45) is 36.7 Å². The van der Waals surface area contributed by atoms with E-state index < -0.39 is 63.5 Å². The molecule has 2 atom stereocenters. The van der Waals surface area contributed by atoms with Crippen LogP contribution in [0.3, 0.4) is 0 Å². The lowest BCUT2D eigenvalue weighted by Gasteiger charge is -2.37. The standard InChI is InChI=1S/C32H46N10O10/c1-39-11-4-20(23(44)29(39)50)27(48)36-8-14-41(15-9-37-28(49)21-5-12-40(2)30(51)24(21)45)13-7-32(31(35)52)6-3-19(22(43)25(32)46)26(47)38-10-16-42(17-33)18-34/h3-6,11-12,25,43-46H,7-10,13-18,33-34H2,1-2H3,(H2,35,52)(H,36,48)(H,37,49)(H,38,47). The van der Waals surface area contributed by atoms with E-state index in [1.165, 1.54) is 50.8 Å². The van der Waals surface area contributed by atoms with E-state index in [2.05, 4.69) is 16.0 Å². The largest absolute Gasteiger partial charge is 0.509 e. The van der Waals surface area contributed by atoms with Gasteiger partial charge in [-0.05, 0) is 31.2 Å². The van der Waals surface area contributed by atoms with Crippen LogP contribution >= 0.6 is 0 Å². The zero-order chi connectivity index (χ0) is 38.7. The minimum atomic E-state index is -1.91. The molecule has 4 amide bonds. The van der Waals surface area contributed by atoms with Crippen molar-refractivity contribution in [1.29, 1.82) is 0 Å². The van der Waals surface area contributed by atoms with Gasteiger partial charge < -0.3 is 62.7 Å². The molecule has 0 saturated heterocycles. The summed E-state index contributed by atoms with van der Waals surface area (Å²) in [6.45, 7) is 0.757. The van der Waals surface area contributed by atoms with Gasteiger partial charge in [-0.1, -0.05) is 6.08 Å². The van der Waals surface area contributed by atoms with Crippen molar-refractivity contribution >= 4 is 23.6 Å². The van der Waals surface area contributed by atoms with E-state index in [1.807, 2.05) is 0 Å². The fourth-order valence-electron chi connectivity index (χ4n) is 5.35. The Balaban J connectivity index is 1.75. The lowest BCUT2D eigenvalue weighted by atomic mass is 9.73. The van der Waals surface area contributed by atoms with Crippen LogP contribution < -0.4 is 44.3 Å². The van der Waals surface area contributed by atoms with Crippen molar-refractivity contribution in [2.45, 2.75) is 12.5 Å². The van der Waals surface area contributed by atoms with E-state index in [0.29, 0.717) is 6.54 Å². The van der Waals surface area contributed by atoms with Crippen molar-refractivity contribution in [3.8, 4) is 11.5 Å². The number of nitrogens with one attached hydrogen (secondary N) is 3. The third-order valence-corrected chi connectivity index (χ3v) is 8.75. The average molecular weight is 731 g/mol. The van der Waals surface area contributed by atoms with Crippen LogP contribution in [-0.4, -0.2) is 128 Å². The topological polar surface area (TPSA) is 314 Å². The van der Waals surface area contributed by atoms with Crippen molar-refractivity contribution in [3.05, 3.63) is 79.8 Å². The minimum Gasteiger partial charge on any atom is -0.509 e. The Labute approximate surface area is 297 Å². The SMILES string of the molecule is Cn1ccc(C(=O)NCCN(CCNC(=O)c2ccn(C)c(=O)c2O)CCC2(C(N)=O)C=CC(C(=O)NCCN(CN)CN)=C(O)C2O)c(O)c1=O. The molecular formula is C32H46N10O10. The smallest absolute Gasteiger partial charge is 0.293 e. The van der Waals surface area contributed by atoms with Gasteiger partial charge in [-0.3, -0.25) is 38.6 Å². The number of rotatable bonds is 18. The number of nitrogens with two attached hydrogens (primary N) is 3. The number of hydrogen-bond donors (Lipinski definition) is 10. The first kappa shape index (κ1) is 40.9. The first-order valence-electron chi connectivity index (χ1n) is 16.2. The first-order chi connectivity index (χ1) is 24.6. The highest BCUT2D eigenvalue weighted by Crippen LogP contribution is 2.37. The van der Waals surface area contributed by atoms with Gasteiger partial charge >= 0.3 is 0 Å². The van der Waals surface area contributed by atoms with E-state index in [4.69, 9.17) is 17.2 Å². The van der Waals surface area contributed by atoms with Crippen LogP contribution in [0.15, 0.2) is 57.6 Å². The zero-order valence-electron chi connectivity index (χ0n) is 28.9. The number of aromatic hydroxyl groups is 2. The minimum absolute atomic E-state index is 0.0207. The highest BCUT2D eigenvalue weighted by Gasteiger charge is 2.47. The van der Waals surface area contributed by atoms with E-state index >= 15 is 0 Å². The molecule has 0 fully saturated rings. The monoisotopic (exact) mass is 730 g/mol. The highest BCUT2D eigenvalue weighted by molar-refractivity contribution is 5.99. The number of amides is 4. The van der Waals surface area contributed by atoms with Crippen molar-refractivity contribution in [1.82, 2.24) is 34.9 Å². The molecule has 20 heteroatoms. The molecule has 0 radical (unpaired) electrons. The molecule has 0 aromatic carbocycles. The summed E-state index contributed by atoms with van der Waals surface area (Å²) in [6, 6.07) is 2.53. The Kier molecular flexibility index (Phi) is 14.2. The van der Waals surface area contributed by atoms with Crippen LogP contribution in [0.25, 0.3) is 0 Å². The zero-order valence-corrected chi connectivity index (χ0v) is 28.9. The van der Waals surface area contributed by atoms with E-state index in [1.54, 1.807) is 9.80 Å². The Bertz CT molecular complexity index is 1750. The summed E-state index contributed by atoms with van der Waals surface area (Å²) in [4.78, 5) is 78.6. The number of pyridine rings is 2. The van der Waals surface area contributed by atoms with Gasteiger partial charge in [-0.25, -0.2) is 0 Å². The van der Waals surface area contributed by atoms with Gasteiger partial charge in [0.25, 0.3) is 28.8 Å². The highest BCUT2D eigenvalue weighted by atomic mass is 16.3. The summed E-state index contributed by atoms with van der Waals surface area (Å²) in [5.74, 6) is -5.48. The first-order valence-corrected chi connectivity index (χ1v) is 16.2. The number of aliphatic hydroxyl groups excluding tert-OH is 2. The maximum Gasteiger partial charge on any atom is 0.293 e. The summed E-state index contributed by atoms with van der Waals surface area (Å²) in [5.41, 5.74) is 12.7. The molecule has 0 spiro atoms. The molecular weight excluding hydrogens is 684 g/mol. The Morgan fingerprint density at radius 2 is 1.21 bits per heavy atom. The van der Waals surface area contributed by atoms with Crippen LogP contribution in [0.5, 0.6) is 11.5 Å². The molecule has 20 nitrogen and oxygen atoms in total. The molecule has 2 aromatic heterocycles. The van der Waals surface area contributed by atoms with Crippen LogP contribution in [0.2, 0.25) is 0 Å². The van der Waals surface area contributed by atoms with Gasteiger partial charge in [-0.2, -0.15) is 0 Å². The number of carbonyl (C=O) groups is 4. The number of aliphatic hydroxyl groups is 2. The van der Waals surface area contributed by atoms with Gasteiger partial charge in [0.05, 0.1) is 16.7 Å². The normalized spacial score (nSPS) is 17.0. The van der Waals surface area contributed by atoms with Crippen LogP contribution in [0.4, 0.5) is 0 Å². The molecule has 3 rings (SSSR count). The molecule has 0 aliphatic heterocycles. The number of aryl methyl sites for hydroxylation is 2. The quantitative estimate of drug-likeness (QED) is 0.0651. The molecule has 0 bridgehead atoms. The number of nitrogens with zero attached hydrogens (tertiary/aromatic N) is 4. The van der Waals surface area contributed by atoms with Gasteiger partial charge in [0.1, 0.15) is 17.3 Å². The van der Waals surface area contributed by atoms with Gasteiger partial charge in [-0.15, -0.1) is 0 Å². The predicted molar refractivity (Wildman–Crippen MR) is 187 cm³/mol. The Morgan fingerprint density at radius 3 is 1.65 bits per heavy atom. The van der Waals surface area contributed by atoms with Gasteiger partial charge in [0.2, 0.25) is 5.91 Å². The molecule has 52 heavy (non-hydrogen) atoms. The van der Waals surface area contributed by atoms with Gasteiger partial charge in [0.15, 0.2) is 11.5 Å². The molecule has 13 N–H and O–H groups in total. The second-order valence-electron chi connectivity index (χ2n) is 12.0. The average Bonchev–Trinajstić information content (AvgIpc) is 3.11. The summed E-state index contributed by atoms with van der Waals surface area (Å²) in [5, 5.41) is 50.1. The summed E-state index contributed by atoms with van der Waals surface area (Å²) >= 11 is 0. The lowest BCUT2D eigenvalue weighted by molar-refractivity contribution is -0.132. The predicted octanol–water partition coefficient (Wildman–Crippen LogP) is -4.19. The number of carbonyl (C=O) groups excluding carboxylic acids is 4. The summed E-state index contributed by atoms with van der Waals surface area (Å²) < 4.78 is 2.19. The van der Waals surface area contributed by atoms with Crippen LogP contribution in [-0.2, 0) is 23.7 Å². The summed E-state index contributed by atoms with van der Waals surface area (Å²) in [7, 11) is 2.81. The molecule has 0 saturated carbocycles. The molecule has 1 aliphatic rings. The second-order valence-corrected chi connectivity index (χ2v) is 12.0. The third-order valence-electron chi connectivity index (χ3n) is 8.75. The van der Waals surface area contributed by atoms with Gasteiger partial charge in [0, 0.05) is 79.1 Å². The number of aromatic nitrogens is 2. The Morgan fingerprint density at radius 1 is 0.769 bits per heavy atom. The summed E-state index contributed by atoms with van der Waals surface area (Å²) in [6.07, 6.45) is 2.94. The molecule has 2 aromatic rings. The molecule has 2 unspecified atom stereocenters. The third kappa shape index (κ3) is 9.41. The van der Waals surface area contributed by atoms with Crippen molar-refractivity contribution < 1.29 is 39.6 Å². The molecule has 284 valence electrons. The van der Waals surface area contributed by atoms with E-state index in [-0.39, 0.29) is 75.7 Å². The number of primary amides is 1. The maximum atomic E-state index is 12.8. The fraction of sp³-hybridized carbons (Fsp3) is 0.438. The maximum absolute atomic E-state index is 12.8. The van der Waals surface area contributed by atoms with E-state index in [9.17, 15) is 49.2 Å². The van der Waals surface area contributed by atoms with E-state index in [0.717, 1.165) is 9.13 Å². The van der Waals surface area contributed by atoms with Crippen LogP contribution in [0.1, 0.15) is 27.1 Å². The second kappa shape index (κ2) is 18.1. The number of hydrogen-bond acceptors (Lipinski definition) is 14. The fourth-order valence-corrected chi connectivity index (χ4v) is 5.35. The Hall–Kier alpha value is -5.54. The van der Waals surface area contributed by atoms with Crippen molar-refractivity contribution in [3.63, 3.8) is 0 Å². The van der Waals surface area contributed by atoms with Crippen molar-refractivity contribution in [2.75, 3.05) is 59.2 Å².